The van der Waals surface area contributed by atoms with Gasteiger partial charge in [0.05, 0.1) is 13.2 Å². The standard InChI is InChI=1S/C20H30N4O4/c1-22(2)20(26)23-11-8-17(14-23)24(16-9-12-28-13-10-16)19(25)21-15-4-6-18(27-3)7-5-15/h4-7,16-17H,8-14H2,1-3H3,(H,21,25). The van der Waals surface area contributed by atoms with Crippen LogP contribution in [0, 0.1) is 0 Å². The minimum absolute atomic E-state index is 0.00486. The van der Waals surface area contributed by atoms with Crippen molar-refractivity contribution in [2.45, 2.75) is 31.3 Å². The lowest BCUT2D eigenvalue weighted by Crippen LogP contribution is -2.52. The molecule has 0 aromatic heterocycles. The van der Waals surface area contributed by atoms with Gasteiger partial charge < -0.3 is 29.5 Å². The molecule has 0 saturated carbocycles. The van der Waals surface area contributed by atoms with E-state index in [1.54, 1.807) is 26.1 Å². The van der Waals surface area contributed by atoms with Crippen LogP contribution in [0.5, 0.6) is 5.75 Å². The van der Waals surface area contributed by atoms with E-state index in [1.807, 2.05) is 34.1 Å². The van der Waals surface area contributed by atoms with E-state index < -0.39 is 0 Å². The molecule has 154 valence electrons. The monoisotopic (exact) mass is 390 g/mol. The maximum atomic E-state index is 13.2. The number of ether oxygens (including phenoxy) is 2. The van der Waals surface area contributed by atoms with Gasteiger partial charge in [-0.25, -0.2) is 9.59 Å². The lowest BCUT2D eigenvalue weighted by atomic mass is 10.0. The molecule has 0 radical (unpaired) electrons. The van der Waals surface area contributed by atoms with Crippen molar-refractivity contribution >= 4 is 17.7 Å². The third kappa shape index (κ3) is 4.67. The van der Waals surface area contributed by atoms with E-state index >= 15 is 0 Å². The van der Waals surface area contributed by atoms with Gasteiger partial charge in [0.2, 0.25) is 0 Å². The van der Waals surface area contributed by atoms with Crippen molar-refractivity contribution in [3.63, 3.8) is 0 Å². The fraction of sp³-hybridized carbons (Fsp3) is 0.600. The summed E-state index contributed by atoms with van der Waals surface area (Å²) in [4.78, 5) is 30.8. The summed E-state index contributed by atoms with van der Waals surface area (Å²) in [5.41, 5.74) is 0.724. The molecule has 1 unspecified atom stereocenters. The summed E-state index contributed by atoms with van der Waals surface area (Å²) >= 11 is 0. The van der Waals surface area contributed by atoms with E-state index in [2.05, 4.69) is 5.32 Å². The predicted octanol–water partition coefficient (Wildman–Crippen LogP) is 2.46. The van der Waals surface area contributed by atoms with Gasteiger partial charge in [-0.1, -0.05) is 0 Å². The highest BCUT2D eigenvalue weighted by atomic mass is 16.5. The molecule has 0 aliphatic carbocycles. The number of nitrogens with zero attached hydrogens (tertiary/aromatic N) is 3. The first-order valence-electron chi connectivity index (χ1n) is 9.77. The Morgan fingerprint density at radius 2 is 1.79 bits per heavy atom. The maximum absolute atomic E-state index is 13.2. The molecule has 1 aromatic carbocycles. The second-order valence-corrected chi connectivity index (χ2v) is 7.47. The number of carbonyl (C=O) groups excluding carboxylic acids is 2. The van der Waals surface area contributed by atoms with Crippen LogP contribution < -0.4 is 10.1 Å². The summed E-state index contributed by atoms with van der Waals surface area (Å²) < 4.78 is 10.7. The van der Waals surface area contributed by atoms with E-state index in [9.17, 15) is 9.59 Å². The summed E-state index contributed by atoms with van der Waals surface area (Å²) in [7, 11) is 5.12. The fourth-order valence-corrected chi connectivity index (χ4v) is 3.88. The van der Waals surface area contributed by atoms with Gasteiger partial charge in [0.15, 0.2) is 0 Å². The van der Waals surface area contributed by atoms with Crippen LogP contribution >= 0.6 is 0 Å². The minimum atomic E-state index is -0.124. The zero-order valence-electron chi connectivity index (χ0n) is 16.9. The van der Waals surface area contributed by atoms with Crippen molar-refractivity contribution in [2.24, 2.45) is 0 Å². The van der Waals surface area contributed by atoms with Gasteiger partial charge in [-0.3, -0.25) is 0 Å². The largest absolute Gasteiger partial charge is 0.497 e. The molecule has 2 heterocycles. The molecule has 2 aliphatic rings. The average Bonchev–Trinajstić information content (AvgIpc) is 3.18. The Morgan fingerprint density at radius 3 is 2.39 bits per heavy atom. The second-order valence-electron chi connectivity index (χ2n) is 7.47. The number of hydrogen-bond donors (Lipinski definition) is 1. The quantitative estimate of drug-likeness (QED) is 0.857. The highest BCUT2D eigenvalue weighted by molar-refractivity contribution is 5.90. The predicted molar refractivity (Wildman–Crippen MR) is 107 cm³/mol. The van der Waals surface area contributed by atoms with E-state index in [-0.39, 0.29) is 24.1 Å². The van der Waals surface area contributed by atoms with Crippen LogP contribution in [0.1, 0.15) is 19.3 Å². The third-order valence-electron chi connectivity index (χ3n) is 5.37. The van der Waals surface area contributed by atoms with Gasteiger partial charge in [0, 0.05) is 52.1 Å². The van der Waals surface area contributed by atoms with Crippen molar-refractivity contribution < 1.29 is 19.1 Å². The van der Waals surface area contributed by atoms with Crippen molar-refractivity contribution in [1.29, 1.82) is 0 Å². The smallest absolute Gasteiger partial charge is 0.322 e. The fourth-order valence-electron chi connectivity index (χ4n) is 3.88. The molecule has 1 aromatic rings. The van der Waals surface area contributed by atoms with Gasteiger partial charge in [0.1, 0.15) is 5.75 Å². The first-order chi connectivity index (χ1) is 13.5. The molecule has 2 aliphatic heterocycles. The van der Waals surface area contributed by atoms with Gasteiger partial charge in [-0.05, 0) is 43.5 Å². The van der Waals surface area contributed by atoms with Crippen LogP contribution in [-0.2, 0) is 4.74 Å². The van der Waals surface area contributed by atoms with Crippen molar-refractivity contribution in [2.75, 3.05) is 52.8 Å². The number of anilines is 1. The molecule has 8 nitrogen and oxygen atoms in total. The summed E-state index contributed by atoms with van der Waals surface area (Å²) in [6, 6.07) is 7.29. The number of carbonyl (C=O) groups is 2. The SMILES string of the molecule is COc1ccc(NC(=O)N(C2CCOCC2)C2CCN(C(=O)N(C)C)C2)cc1. The van der Waals surface area contributed by atoms with Crippen molar-refractivity contribution in [1.82, 2.24) is 14.7 Å². The first kappa shape index (κ1) is 20.3. The molecule has 8 heteroatoms. The Balaban J connectivity index is 1.73. The number of hydrogen-bond acceptors (Lipinski definition) is 4. The molecular formula is C20H30N4O4. The molecule has 1 atom stereocenters. The van der Waals surface area contributed by atoms with Crippen LogP contribution in [0.2, 0.25) is 0 Å². The van der Waals surface area contributed by atoms with Crippen LogP contribution in [0.3, 0.4) is 0 Å². The zero-order chi connectivity index (χ0) is 20.1. The normalized spacial score (nSPS) is 20.0. The Kier molecular flexibility index (Phi) is 6.61. The molecule has 4 amide bonds. The maximum Gasteiger partial charge on any atom is 0.322 e. The Labute approximate surface area is 166 Å². The molecule has 2 saturated heterocycles. The average molecular weight is 390 g/mol. The summed E-state index contributed by atoms with van der Waals surface area (Å²) in [6.45, 7) is 2.54. The lowest BCUT2D eigenvalue weighted by molar-refractivity contribution is 0.0370. The topological polar surface area (TPSA) is 74.3 Å². The van der Waals surface area contributed by atoms with Crippen LogP contribution in [0.25, 0.3) is 0 Å². The molecular weight excluding hydrogens is 360 g/mol. The molecule has 28 heavy (non-hydrogen) atoms. The second kappa shape index (κ2) is 9.14. The number of benzene rings is 1. The van der Waals surface area contributed by atoms with Gasteiger partial charge in [0.25, 0.3) is 0 Å². The number of nitrogens with one attached hydrogen (secondary N) is 1. The number of amides is 4. The van der Waals surface area contributed by atoms with E-state index in [0.717, 1.165) is 30.7 Å². The molecule has 2 fully saturated rings. The number of methoxy groups -OCH3 is 1. The molecule has 0 spiro atoms. The summed E-state index contributed by atoms with van der Waals surface area (Å²) in [5, 5.41) is 3.01. The van der Waals surface area contributed by atoms with E-state index in [0.29, 0.717) is 26.3 Å². The molecule has 3 rings (SSSR count). The lowest BCUT2D eigenvalue weighted by Gasteiger charge is -2.38. The van der Waals surface area contributed by atoms with E-state index in [4.69, 9.17) is 9.47 Å². The van der Waals surface area contributed by atoms with Gasteiger partial charge in [-0.15, -0.1) is 0 Å². The highest BCUT2D eigenvalue weighted by Gasteiger charge is 2.37. The first-order valence-corrected chi connectivity index (χ1v) is 9.77. The summed E-state index contributed by atoms with van der Waals surface area (Å²) in [5.74, 6) is 0.743. The summed E-state index contributed by atoms with van der Waals surface area (Å²) in [6.07, 6.45) is 2.41. The minimum Gasteiger partial charge on any atom is -0.497 e. The number of urea groups is 2. The Morgan fingerprint density at radius 1 is 1.11 bits per heavy atom. The molecule has 0 bridgehead atoms. The van der Waals surface area contributed by atoms with Crippen LogP contribution in [0.15, 0.2) is 24.3 Å². The zero-order valence-corrected chi connectivity index (χ0v) is 16.9. The van der Waals surface area contributed by atoms with Crippen LogP contribution in [-0.4, -0.2) is 86.4 Å². The van der Waals surface area contributed by atoms with Gasteiger partial charge >= 0.3 is 12.1 Å². The molecule has 1 N–H and O–H groups in total. The van der Waals surface area contributed by atoms with Crippen molar-refractivity contribution in [3.8, 4) is 5.75 Å². The Hall–Kier alpha value is -2.48. The van der Waals surface area contributed by atoms with Gasteiger partial charge in [-0.2, -0.15) is 0 Å². The third-order valence-corrected chi connectivity index (χ3v) is 5.37. The Bertz CT molecular complexity index is 673. The van der Waals surface area contributed by atoms with E-state index in [1.165, 1.54) is 0 Å². The number of rotatable bonds is 4. The number of likely N-dealkylation sites (tertiary alicyclic amines) is 1. The highest BCUT2D eigenvalue weighted by Crippen LogP contribution is 2.25. The van der Waals surface area contributed by atoms with Crippen molar-refractivity contribution in [3.05, 3.63) is 24.3 Å². The van der Waals surface area contributed by atoms with Crippen LogP contribution in [0.4, 0.5) is 15.3 Å².